The van der Waals surface area contributed by atoms with Crippen LogP contribution in [0.5, 0.6) is 0 Å². The molecule has 0 amide bonds. The number of aromatic nitrogens is 2. The lowest BCUT2D eigenvalue weighted by Crippen LogP contribution is -2.11. The molecule has 1 aromatic heterocycles. The third kappa shape index (κ3) is 1.48. The standard InChI is InChI=1S/C8H9N2O/c11-8(7-2-3-7)6-10-5-1-4-9-10/h4-5,7H,2-3,6H2. The van der Waals surface area contributed by atoms with E-state index in [1.807, 2.05) is 0 Å². The van der Waals surface area contributed by atoms with Gasteiger partial charge in [0.1, 0.15) is 0 Å². The Morgan fingerprint density at radius 2 is 2.55 bits per heavy atom. The molecule has 1 aromatic rings. The van der Waals surface area contributed by atoms with Gasteiger partial charge in [-0.05, 0) is 12.8 Å². The molecule has 1 saturated carbocycles. The van der Waals surface area contributed by atoms with Crippen LogP contribution < -0.4 is 0 Å². The van der Waals surface area contributed by atoms with Gasteiger partial charge in [0.25, 0.3) is 0 Å². The van der Waals surface area contributed by atoms with Crippen LogP contribution in [0.3, 0.4) is 0 Å². The van der Waals surface area contributed by atoms with E-state index in [-0.39, 0.29) is 0 Å². The van der Waals surface area contributed by atoms with Gasteiger partial charge in [0.15, 0.2) is 5.78 Å². The van der Waals surface area contributed by atoms with Crippen molar-refractivity contribution in [3.05, 3.63) is 18.5 Å². The van der Waals surface area contributed by atoms with Crippen molar-refractivity contribution in [3.8, 4) is 0 Å². The van der Waals surface area contributed by atoms with Crippen molar-refractivity contribution in [2.75, 3.05) is 0 Å². The molecule has 1 radical (unpaired) electrons. The first-order chi connectivity index (χ1) is 5.36. The Bertz CT molecular complexity index is 249. The number of Topliss-reactive ketones (excluding diaryl/α,β-unsaturated/α-hetero) is 1. The smallest absolute Gasteiger partial charge is 0.157 e. The summed E-state index contributed by atoms with van der Waals surface area (Å²) in [6, 6.07) is 2.79. The first-order valence-corrected chi connectivity index (χ1v) is 3.77. The molecule has 3 heteroatoms. The fourth-order valence-electron chi connectivity index (χ4n) is 1.04. The van der Waals surface area contributed by atoms with Crippen molar-refractivity contribution >= 4 is 5.78 Å². The highest BCUT2D eigenvalue weighted by Gasteiger charge is 2.29. The molecule has 0 aliphatic heterocycles. The van der Waals surface area contributed by atoms with Gasteiger partial charge in [0.05, 0.1) is 12.7 Å². The second kappa shape index (κ2) is 2.49. The minimum atomic E-state index is 0.308. The lowest BCUT2D eigenvalue weighted by molar-refractivity contribution is -0.120. The van der Waals surface area contributed by atoms with Crippen LogP contribution in [0.1, 0.15) is 12.8 Å². The molecule has 1 aliphatic rings. The van der Waals surface area contributed by atoms with Crippen LogP contribution in [0.4, 0.5) is 0 Å². The van der Waals surface area contributed by atoms with Crippen LogP contribution in [0.15, 0.2) is 12.4 Å². The zero-order chi connectivity index (χ0) is 7.68. The zero-order valence-corrected chi connectivity index (χ0v) is 6.16. The van der Waals surface area contributed by atoms with E-state index in [0.29, 0.717) is 18.2 Å². The van der Waals surface area contributed by atoms with Crippen molar-refractivity contribution in [3.63, 3.8) is 0 Å². The summed E-state index contributed by atoms with van der Waals surface area (Å²) >= 11 is 0. The van der Waals surface area contributed by atoms with E-state index in [9.17, 15) is 4.79 Å². The van der Waals surface area contributed by atoms with Gasteiger partial charge in [-0.2, -0.15) is 5.10 Å². The highest BCUT2D eigenvalue weighted by atomic mass is 16.1. The van der Waals surface area contributed by atoms with Crippen molar-refractivity contribution in [1.29, 1.82) is 0 Å². The second-order valence-electron chi connectivity index (χ2n) is 2.88. The van der Waals surface area contributed by atoms with Crippen molar-refractivity contribution < 1.29 is 4.79 Å². The van der Waals surface area contributed by atoms with Crippen LogP contribution in [0.2, 0.25) is 0 Å². The van der Waals surface area contributed by atoms with Gasteiger partial charge in [0.2, 0.25) is 0 Å². The van der Waals surface area contributed by atoms with Gasteiger partial charge in [-0.1, -0.05) is 0 Å². The molecule has 2 rings (SSSR count). The molecule has 0 saturated heterocycles. The SMILES string of the molecule is O=C(Cn1c[c]cn1)C1CC1. The van der Waals surface area contributed by atoms with Crippen molar-refractivity contribution in [2.24, 2.45) is 5.92 Å². The maximum atomic E-state index is 11.2. The predicted molar refractivity (Wildman–Crippen MR) is 38.8 cm³/mol. The molecule has 0 unspecified atom stereocenters. The molecular weight excluding hydrogens is 140 g/mol. The molecule has 1 aliphatic carbocycles. The highest BCUT2D eigenvalue weighted by molar-refractivity contribution is 5.82. The van der Waals surface area contributed by atoms with E-state index in [4.69, 9.17) is 0 Å². The van der Waals surface area contributed by atoms with Crippen LogP contribution in [-0.2, 0) is 11.3 Å². The Hall–Kier alpha value is -1.12. The molecule has 1 heterocycles. The third-order valence-electron chi connectivity index (χ3n) is 1.85. The molecule has 0 atom stereocenters. The Balaban J connectivity index is 1.94. The number of carbonyl (C=O) groups is 1. The maximum Gasteiger partial charge on any atom is 0.157 e. The van der Waals surface area contributed by atoms with Gasteiger partial charge in [0, 0.05) is 18.2 Å². The quantitative estimate of drug-likeness (QED) is 0.632. The van der Waals surface area contributed by atoms with Gasteiger partial charge in [-0.25, -0.2) is 0 Å². The molecule has 0 spiro atoms. The van der Waals surface area contributed by atoms with Gasteiger partial charge < -0.3 is 0 Å². The fourth-order valence-corrected chi connectivity index (χ4v) is 1.04. The van der Waals surface area contributed by atoms with Crippen LogP contribution in [0, 0.1) is 12.0 Å². The molecule has 0 N–H and O–H groups in total. The van der Waals surface area contributed by atoms with Crippen LogP contribution >= 0.6 is 0 Å². The third-order valence-corrected chi connectivity index (χ3v) is 1.85. The summed E-state index contributed by atoms with van der Waals surface area (Å²) in [7, 11) is 0. The average molecular weight is 149 g/mol. The monoisotopic (exact) mass is 149 g/mol. The summed E-state index contributed by atoms with van der Waals surface area (Å²) in [5.74, 6) is 0.640. The first-order valence-electron chi connectivity index (χ1n) is 3.77. The normalized spacial score (nSPS) is 16.7. The van der Waals surface area contributed by atoms with Gasteiger partial charge >= 0.3 is 0 Å². The molecular formula is C8H9N2O. The summed E-state index contributed by atoms with van der Waals surface area (Å²) < 4.78 is 1.63. The Labute approximate surface area is 65.0 Å². The molecule has 1 fully saturated rings. The van der Waals surface area contributed by atoms with Gasteiger partial charge in [-0.3, -0.25) is 9.48 Å². The molecule has 0 bridgehead atoms. The Morgan fingerprint density at radius 1 is 1.73 bits per heavy atom. The largest absolute Gasteiger partial charge is 0.297 e. The number of carbonyl (C=O) groups excluding carboxylic acids is 1. The minimum Gasteiger partial charge on any atom is -0.297 e. The summed E-state index contributed by atoms with van der Waals surface area (Å²) in [5.41, 5.74) is 0. The molecule has 11 heavy (non-hydrogen) atoms. The van der Waals surface area contributed by atoms with E-state index >= 15 is 0 Å². The fraction of sp³-hybridized carbons (Fsp3) is 0.500. The molecule has 57 valence electrons. The summed E-state index contributed by atoms with van der Waals surface area (Å²) in [6.07, 6.45) is 5.41. The van der Waals surface area contributed by atoms with Crippen LogP contribution in [0.25, 0.3) is 0 Å². The lowest BCUT2D eigenvalue weighted by Gasteiger charge is -1.97. The highest BCUT2D eigenvalue weighted by Crippen LogP contribution is 2.29. The Morgan fingerprint density at radius 3 is 3.09 bits per heavy atom. The number of hydrogen-bond acceptors (Lipinski definition) is 2. The van der Waals surface area contributed by atoms with Crippen molar-refractivity contribution in [1.82, 2.24) is 9.78 Å². The second-order valence-corrected chi connectivity index (χ2v) is 2.88. The number of nitrogens with zero attached hydrogens (tertiary/aromatic N) is 2. The first kappa shape index (κ1) is 6.58. The number of hydrogen-bond donors (Lipinski definition) is 0. The molecule has 3 nitrogen and oxygen atoms in total. The van der Waals surface area contributed by atoms with Crippen LogP contribution in [-0.4, -0.2) is 15.6 Å². The Kier molecular flexibility index (Phi) is 1.49. The number of rotatable bonds is 3. The van der Waals surface area contributed by atoms with Crippen molar-refractivity contribution in [2.45, 2.75) is 19.4 Å². The maximum absolute atomic E-state index is 11.2. The molecule has 0 aromatic carbocycles. The minimum absolute atomic E-state index is 0.308. The van der Waals surface area contributed by atoms with E-state index in [0.717, 1.165) is 12.8 Å². The van der Waals surface area contributed by atoms with Gasteiger partial charge in [-0.15, -0.1) is 0 Å². The predicted octanol–water partition coefficient (Wildman–Crippen LogP) is 0.662. The van der Waals surface area contributed by atoms with E-state index < -0.39 is 0 Å². The summed E-state index contributed by atoms with van der Waals surface area (Å²) in [4.78, 5) is 11.2. The topological polar surface area (TPSA) is 34.9 Å². The van der Waals surface area contributed by atoms with E-state index in [1.54, 1.807) is 17.1 Å². The summed E-state index contributed by atoms with van der Waals surface area (Å²) in [5, 5.41) is 3.91. The zero-order valence-electron chi connectivity index (χ0n) is 6.16. The van der Waals surface area contributed by atoms with E-state index in [1.165, 1.54) is 0 Å². The average Bonchev–Trinajstić information content (AvgIpc) is 2.73. The summed E-state index contributed by atoms with van der Waals surface area (Å²) in [6.45, 7) is 0.425. The lowest BCUT2D eigenvalue weighted by atomic mass is 10.3. The van der Waals surface area contributed by atoms with E-state index in [2.05, 4.69) is 11.2 Å². The number of ketones is 1.